The zero-order chi connectivity index (χ0) is 10.1. The molecule has 1 aromatic heterocycles. The van der Waals surface area contributed by atoms with Crippen molar-refractivity contribution in [1.82, 2.24) is 9.78 Å². The van der Waals surface area contributed by atoms with Crippen LogP contribution in [-0.2, 0) is 0 Å². The molecule has 0 aliphatic rings. The van der Waals surface area contributed by atoms with E-state index in [0.717, 1.165) is 5.69 Å². The molecule has 0 atom stereocenters. The number of rotatable bonds is 1. The van der Waals surface area contributed by atoms with Gasteiger partial charge in [0.2, 0.25) is 5.88 Å². The molecule has 72 valence electrons. The maximum absolute atomic E-state index is 9.17. The number of hydrogen-bond acceptors (Lipinski definition) is 2. The van der Waals surface area contributed by atoms with Gasteiger partial charge in [-0.2, -0.15) is 0 Å². The van der Waals surface area contributed by atoms with Gasteiger partial charge in [0, 0.05) is 5.02 Å². The second-order valence-corrected chi connectivity index (χ2v) is 3.57. The van der Waals surface area contributed by atoms with Crippen LogP contribution in [0.1, 0.15) is 0 Å². The third-order valence-corrected chi connectivity index (χ3v) is 2.26. The lowest BCUT2D eigenvalue weighted by Gasteiger charge is -1.99. The van der Waals surface area contributed by atoms with E-state index in [-0.39, 0.29) is 10.9 Å². The van der Waals surface area contributed by atoms with Crippen molar-refractivity contribution in [1.29, 1.82) is 0 Å². The molecule has 0 bridgehead atoms. The summed E-state index contributed by atoms with van der Waals surface area (Å²) in [7, 11) is 0. The lowest BCUT2D eigenvalue weighted by molar-refractivity contribution is 0.448. The Labute approximate surface area is 90.5 Å². The predicted octanol–water partition coefficient (Wildman–Crippen LogP) is 2.88. The monoisotopic (exact) mass is 228 g/mol. The zero-order valence-electron chi connectivity index (χ0n) is 6.98. The Morgan fingerprint density at radius 3 is 2.29 bits per heavy atom. The van der Waals surface area contributed by atoms with E-state index in [1.807, 2.05) is 0 Å². The van der Waals surface area contributed by atoms with Crippen LogP contribution in [0.4, 0.5) is 0 Å². The average molecular weight is 229 g/mol. The molecule has 0 spiro atoms. The first-order valence-electron chi connectivity index (χ1n) is 3.87. The van der Waals surface area contributed by atoms with Gasteiger partial charge in [0.25, 0.3) is 0 Å². The molecule has 0 saturated carbocycles. The van der Waals surface area contributed by atoms with E-state index < -0.39 is 0 Å². The van der Waals surface area contributed by atoms with Gasteiger partial charge < -0.3 is 5.11 Å². The van der Waals surface area contributed by atoms with E-state index in [1.165, 1.54) is 10.9 Å². The van der Waals surface area contributed by atoms with Crippen LogP contribution < -0.4 is 0 Å². The number of hydrogen-bond donors (Lipinski definition) is 1. The normalized spacial score (nSPS) is 10.4. The molecule has 0 fully saturated rings. The Morgan fingerprint density at radius 1 is 1.14 bits per heavy atom. The highest BCUT2D eigenvalue weighted by atomic mass is 35.5. The lowest BCUT2D eigenvalue weighted by Crippen LogP contribution is -1.92. The molecule has 2 aromatic rings. The van der Waals surface area contributed by atoms with Crippen LogP contribution in [0.3, 0.4) is 0 Å². The second-order valence-electron chi connectivity index (χ2n) is 2.72. The van der Waals surface area contributed by atoms with Crippen molar-refractivity contribution in [3.05, 3.63) is 40.5 Å². The van der Waals surface area contributed by atoms with Gasteiger partial charge in [0.1, 0.15) is 5.02 Å². The SMILES string of the molecule is Oc1nn(-c2ccc(Cl)cc2)cc1Cl. The quantitative estimate of drug-likeness (QED) is 0.816. The maximum Gasteiger partial charge on any atom is 0.249 e. The van der Waals surface area contributed by atoms with E-state index in [0.29, 0.717) is 5.02 Å². The summed E-state index contributed by atoms with van der Waals surface area (Å²) in [5.41, 5.74) is 0.789. The fraction of sp³-hybridized carbons (Fsp3) is 0. The summed E-state index contributed by atoms with van der Waals surface area (Å²) in [4.78, 5) is 0. The van der Waals surface area contributed by atoms with Gasteiger partial charge in [0.15, 0.2) is 0 Å². The van der Waals surface area contributed by atoms with Crippen LogP contribution in [0.25, 0.3) is 5.69 Å². The maximum atomic E-state index is 9.17. The molecule has 2 rings (SSSR count). The topological polar surface area (TPSA) is 38.1 Å². The molecule has 0 amide bonds. The molecule has 0 unspecified atom stereocenters. The Bertz CT molecular complexity index is 431. The highest BCUT2D eigenvalue weighted by molar-refractivity contribution is 6.31. The first-order chi connectivity index (χ1) is 6.66. The predicted molar refractivity (Wildman–Crippen MR) is 55.2 cm³/mol. The Morgan fingerprint density at radius 2 is 1.79 bits per heavy atom. The van der Waals surface area contributed by atoms with Crippen molar-refractivity contribution in [2.45, 2.75) is 0 Å². The fourth-order valence-electron chi connectivity index (χ4n) is 1.07. The molecule has 0 radical (unpaired) electrons. The van der Waals surface area contributed by atoms with Crippen molar-refractivity contribution < 1.29 is 5.11 Å². The fourth-order valence-corrected chi connectivity index (χ4v) is 1.33. The molecule has 1 aromatic carbocycles. The minimum absolute atomic E-state index is 0.179. The number of halogens is 2. The Kier molecular flexibility index (Phi) is 2.35. The van der Waals surface area contributed by atoms with Crippen molar-refractivity contribution in [3.8, 4) is 11.6 Å². The molecule has 0 aliphatic heterocycles. The average Bonchev–Trinajstić information content (AvgIpc) is 2.48. The van der Waals surface area contributed by atoms with Crippen LogP contribution in [0, 0.1) is 0 Å². The third-order valence-electron chi connectivity index (χ3n) is 1.74. The van der Waals surface area contributed by atoms with Gasteiger partial charge in [-0.25, -0.2) is 4.68 Å². The highest BCUT2D eigenvalue weighted by Crippen LogP contribution is 2.22. The van der Waals surface area contributed by atoms with E-state index in [1.54, 1.807) is 24.3 Å². The van der Waals surface area contributed by atoms with E-state index in [9.17, 15) is 0 Å². The minimum Gasteiger partial charge on any atom is -0.491 e. The minimum atomic E-state index is -0.179. The van der Waals surface area contributed by atoms with Crippen molar-refractivity contribution in [2.75, 3.05) is 0 Å². The second kappa shape index (κ2) is 3.52. The number of aromatic nitrogens is 2. The molecule has 14 heavy (non-hydrogen) atoms. The smallest absolute Gasteiger partial charge is 0.249 e. The summed E-state index contributed by atoms with van der Waals surface area (Å²) in [5.74, 6) is -0.179. The standard InChI is InChI=1S/C9H6Cl2N2O/c10-6-1-3-7(4-2-6)13-5-8(11)9(14)12-13/h1-5H,(H,12,14). The van der Waals surface area contributed by atoms with Gasteiger partial charge >= 0.3 is 0 Å². The van der Waals surface area contributed by atoms with Crippen LogP contribution in [0.5, 0.6) is 5.88 Å². The number of benzene rings is 1. The van der Waals surface area contributed by atoms with Gasteiger partial charge in [0.05, 0.1) is 11.9 Å². The molecular formula is C9H6Cl2N2O. The Balaban J connectivity index is 2.44. The largest absolute Gasteiger partial charge is 0.491 e. The van der Waals surface area contributed by atoms with Crippen molar-refractivity contribution in [2.24, 2.45) is 0 Å². The number of aromatic hydroxyl groups is 1. The van der Waals surface area contributed by atoms with E-state index >= 15 is 0 Å². The van der Waals surface area contributed by atoms with Gasteiger partial charge in [-0.15, -0.1) is 5.10 Å². The molecule has 0 saturated heterocycles. The summed E-state index contributed by atoms with van der Waals surface area (Å²) in [6.45, 7) is 0. The first kappa shape index (κ1) is 9.37. The van der Waals surface area contributed by atoms with Crippen LogP contribution in [0.2, 0.25) is 10.0 Å². The van der Waals surface area contributed by atoms with Crippen LogP contribution in [0.15, 0.2) is 30.5 Å². The Hall–Kier alpha value is -1.19. The lowest BCUT2D eigenvalue weighted by atomic mass is 10.3. The summed E-state index contributed by atoms with van der Waals surface area (Å²) in [6.07, 6.45) is 1.53. The molecular weight excluding hydrogens is 223 g/mol. The number of nitrogens with zero attached hydrogens (tertiary/aromatic N) is 2. The summed E-state index contributed by atoms with van der Waals surface area (Å²) >= 11 is 11.4. The summed E-state index contributed by atoms with van der Waals surface area (Å²) < 4.78 is 1.48. The van der Waals surface area contributed by atoms with Crippen molar-refractivity contribution >= 4 is 23.2 Å². The zero-order valence-corrected chi connectivity index (χ0v) is 8.50. The van der Waals surface area contributed by atoms with E-state index in [4.69, 9.17) is 28.3 Å². The van der Waals surface area contributed by atoms with Gasteiger partial charge in [-0.05, 0) is 24.3 Å². The molecule has 3 nitrogen and oxygen atoms in total. The summed E-state index contributed by atoms with van der Waals surface area (Å²) in [5, 5.41) is 13.8. The first-order valence-corrected chi connectivity index (χ1v) is 4.62. The highest BCUT2D eigenvalue weighted by Gasteiger charge is 2.05. The third kappa shape index (κ3) is 1.69. The molecule has 0 aliphatic carbocycles. The molecule has 5 heteroatoms. The van der Waals surface area contributed by atoms with E-state index in [2.05, 4.69) is 5.10 Å². The van der Waals surface area contributed by atoms with Crippen molar-refractivity contribution in [3.63, 3.8) is 0 Å². The molecule has 1 heterocycles. The summed E-state index contributed by atoms with van der Waals surface area (Å²) in [6, 6.07) is 7.04. The van der Waals surface area contributed by atoms with Gasteiger partial charge in [-0.3, -0.25) is 0 Å². The molecule has 1 N–H and O–H groups in total. The van der Waals surface area contributed by atoms with Gasteiger partial charge in [-0.1, -0.05) is 23.2 Å². The van der Waals surface area contributed by atoms with Crippen LogP contribution >= 0.6 is 23.2 Å². The van der Waals surface area contributed by atoms with Crippen LogP contribution in [-0.4, -0.2) is 14.9 Å².